The maximum atomic E-state index is 13.6. The summed E-state index contributed by atoms with van der Waals surface area (Å²) in [4.78, 5) is 30.0. The second-order valence-electron chi connectivity index (χ2n) is 8.69. The number of carbonyl (C=O) groups excluding carboxylic acids is 1. The summed E-state index contributed by atoms with van der Waals surface area (Å²) in [5.74, 6) is -3.73. The van der Waals surface area contributed by atoms with Crippen molar-refractivity contribution in [3.05, 3.63) is 77.5 Å². The smallest absolute Gasteiger partial charge is 0.475 e. The highest BCUT2D eigenvalue weighted by Crippen LogP contribution is 2.35. The minimum absolute atomic E-state index is 0.213. The summed E-state index contributed by atoms with van der Waals surface area (Å²) in [6, 6.07) is 11.2. The number of alkyl halides is 6. The highest BCUT2D eigenvalue weighted by Gasteiger charge is 2.38. The molecule has 0 aliphatic heterocycles. The van der Waals surface area contributed by atoms with Crippen LogP contribution in [-0.4, -0.2) is 52.8 Å². The van der Waals surface area contributed by atoms with Gasteiger partial charge in [-0.2, -0.15) is 30.7 Å². The Morgan fingerprint density at radius 3 is 2.24 bits per heavy atom. The molecule has 0 spiro atoms. The molecule has 0 unspecified atom stereocenters. The van der Waals surface area contributed by atoms with Crippen LogP contribution in [-0.2, 0) is 17.4 Å². The third kappa shape index (κ3) is 8.59. The van der Waals surface area contributed by atoms with Gasteiger partial charge in [-0.05, 0) is 41.1 Å². The molecule has 0 aliphatic carbocycles. The van der Waals surface area contributed by atoms with E-state index in [1.807, 2.05) is 6.07 Å². The average Bonchev–Trinajstić information content (AvgIpc) is 3.35. The third-order valence-corrected chi connectivity index (χ3v) is 6.62. The minimum atomic E-state index is -5.08. The number of carboxylic acids is 1. The zero-order valence-electron chi connectivity index (χ0n) is 21.5. The molecule has 0 saturated heterocycles. The molecule has 0 radical (unpaired) electrons. The topological polar surface area (TPSA) is 130 Å². The van der Waals surface area contributed by atoms with E-state index in [-0.39, 0.29) is 18.1 Å². The molecule has 16 heteroatoms. The Labute approximate surface area is 237 Å². The minimum Gasteiger partial charge on any atom is -0.475 e. The van der Waals surface area contributed by atoms with E-state index in [4.69, 9.17) is 15.6 Å². The normalized spacial score (nSPS) is 12.3. The molecular formula is C26H22F7N5O3S. The standard InChI is InChI=1S/C24H21F4N5OS.C2HF3O2/c1-30-22(34)20-21(14-4-5-15-11-31-19(25)10-16(15)9-14)35-23(33-20)32-12-18(29)8-13-2-6-17(7-3-13)24(26,27)28;3-2(4,5)1(6)7/h2-7,9-11,18H,8,12,29H2,1H3,(H,30,34)(H,32,33);(H,6,7)/t18-;/m0./s1. The molecule has 0 bridgehead atoms. The number of aromatic nitrogens is 2. The number of nitrogens with one attached hydrogen (secondary N) is 2. The maximum Gasteiger partial charge on any atom is 0.490 e. The van der Waals surface area contributed by atoms with Gasteiger partial charge in [-0.1, -0.05) is 35.6 Å². The molecule has 0 fully saturated rings. The summed E-state index contributed by atoms with van der Waals surface area (Å²) in [6.07, 6.45) is -7.68. The SMILES string of the molecule is CNC(=O)c1nc(NC[C@@H](N)Cc2ccc(C(F)(F)F)cc2)sc1-c1ccc2cnc(F)cc2c1.O=C(O)C(F)(F)F. The van der Waals surface area contributed by atoms with Gasteiger partial charge in [0.05, 0.1) is 10.4 Å². The molecule has 1 atom stereocenters. The number of amides is 1. The second kappa shape index (κ2) is 13.1. The van der Waals surface area contributed by atoms with Crippen LogP contribution in [0, 0.1) is 5.95 Å². The number of nitrogens with two attached hydrogens (primary N) is 1. The Morgan fingerprint density at radius 2 is 1.67 bits per heavy atom. The predicted molar refractivity (Wildman–Crippen MR) is 142 cm³/mol. The fraction of sp³-hybridized carbons (Fsp3) is 0.231. The molecule has 8 nitrogen and oxygen atoms in total. The number of thiazole rings is 1. The zero-order valence-corrected chi connectivity index (χ0v) is 22.3. The molecule has 2 aromatic heterocycles. The van der Waals surface area contributed by atoms with Gasteiger partial charge in [0.25, 0.3) is 5.91 Å². The van der Waals surface area contributed by atoms with Gasteiger partial charge < -0.3 is 21.5 Å². The van der Waals surface area contributed by atoms with Crippen molar-refractivity contribution in [2.75, 3.05) is 18.9 Å². The Morgan fingerprint density at radius 1 is 1.02 bits per heavy atom. The Balaban J connectivity index is 0.000000616. The Hall–Kier alpha value is -4.31. The molecule has 2 aromatic carbocycles. The number of pyridine rings is 1. The molecule has 42 heavy (non-hydrogen) atoms. The fourth-order valence-electron chi connectivity index (χ4n) is 3.54. The summed E-state index contributed by atoms with van der Waals surface area (Å²) in [5, 5.41) is 14.7. The van der Waals surface area contributed by atoms with E-state index in [1.54, 1.807) is 12.1 Å². The lowest BCUT2D eigenvalue weighted by atomic mass is 10.0. The van der Waals surface area contributed by atoms with Crippen LogP contribution >= 0.6 is 11.3 Å². The summed E-state index contributed by atoms with van der Waals surface area (Å²) < 4.78 is 83.5. The fourth-order valence-corrected chi connectivity index (χ4v) is 4.51. The van der Waals surface area contributed by atoms with Gasteiger partial charge in [0, 0.05) is 37.3 Å². The zero-order chi connectivity index (χ0) is 31.2. The number of benzene rings is 2. The number of carboxylic acid groups (broad SMARTS) is 1. The van der Waals surface area contributed by atoms with Crippen molar-refractivity contribution in [3.8, 4) is 10.4 Å². The number of hydrogen-bond donors (Lipinski definition) is 4. The van der Waals surface area contributed by atoms with Crippen LogP contribution < -0.4 is 16.4 Å². The van der Waals surface area contributed by atoms with Gasteiger partial charge in [-0.25, -0.2) is 14.8 Å². The number of aliphatic carboxylic acids is 1. The van der Waals surface area contributed by atoms with E-state index in [0.29, 0.717) is 32.9 Å². The molecule has 5 N–H and O–H groups in total. The van der Waals surface area contributed by atoms with Crippen LogP contribution in [0.3, 0.4) is 0 Å². The number of carbonyl (C=O) groups is 2. The van der Waals surface area contributed by atoms with E-state index in [9.17, 15) is 35.5 Å². The summed E-state index contributed by atoms with van der Waals surface area (Å²) in [6.45, 7) is 0.287. The number of fused-ring (bicyclic) bond motifs is 1. The molecule has 1 amide bonds. The van der Waals surface area contributed by atoms with Crippen molar-refractivity contribution < 1.29 is 45.4 Å². The lowest BCUT2D eigenvalue weighted by molar-refractivity contribution is -0.192. The van der Waals surface area contributed by atoms with Crippen molar-refractivity contribution in [2.45, 2.75) is 24.8 Å². The number of rotatable bonds is 7. The highest BCUT2D eigenvalue weighted by molar-refractivity contribution is 7.19. The van der Waals surface area contributed by atoms with E-state index in [1.165, 1.54) is 42.8 Å². The number of anilines is 1. The first-order chi connectivity index (χ1) is 19.6. The molecular weight excluding hydrogens is 595 g/mol. The van der Waals surface area contributed by atoms with Gasteiger partial charge in [0.1, 0.15) is 5.69 Å². The number of halogens is 7. The summed E-state index contributed by atoms with van der Waals surface area (Å²) in [5.41, 5.74) is 7.04. The first kappa shape index (κ1) is 32.2. The van der Waals surface area contributed by atoms with Crippen LogP contribution in [0.25, 0.3) is 21.2 Å². The van der Waals surface area contributed by atoms with Gasteiger partial charge >= 0.3 is 18.3 Å². The molecule has 0 saturated carbocycles. The van der Waals surface area contributed by atoms with Crippen LogP contribution in [0.4, 0.5) is 35.9 Å². The molecule has 224 valence electrons. The third-order valence-electron chi connectivity index (χ3n) is 5.56. The predicted octanol–water partition coefficient (Wildman–Crippen LogP) is 5.49. The largest absolute Gasteiger partial charge is 0.490 e. The Kier molecular flexibility index (Phi) is 10.1. The lowest BCUT2D eigenvalue weighted by Gasteiger charge is -2.13. The van der Waals surface area contributed by atoms with Crippen LogP contribution in [0.1, 0.15) is 21.6 Å². The van der Waals surface area contributed by atoms with E-state index >= 15 is 0 Å². The molecule has 2 heterocycles. The van der Waals surface area contributed by atoms with Crippen LogP contribution in [0.15, 0.2) is 54.7 Å². The average molecular weight is 618 g/mol. The van der Waals surface area contributed by atoms with Gasteiger partial charge in [-0.3, -0.25) is 4.79 Å². The maximum absolute atomic E-state index is 13.6. The summed E-state index contributed by atoms with van der Waals surface area (Å²) >= 11 is 1.25. The first-order valence-electron chi connectivity index (χ1n) is 11.8. The van der Waals surface area contributed by atoms with Crippen molar-refractivity contribution in [3.63, 3.8) is 0 Å². The monoisotopic (exact) mass is 617 g/mol. The van der Waals surface area contributed by atoms with Crippen molar-refractivity contribution in [2.24, 2.45) is 5.73 Å². The molecule has 4 aromatic rings. The van der Waals surface area contributed by atoms with E-state index in [2.05, 4.69) is 20.6 Å². The first-order valence-corrected chi connectivity index (χ1v) is 12.6. The number of hydrogen-bond acceptors (Lipinski definition) is 7. The van der Waals surface area contributed by atoms with Gasteiger partial charge in [0.15, 0.2) is 5.13 Å². The molecule has 0 aliphatic rings. The second-order valence-corrected chi connectivity index (χ2v) is 9.69. The quantitative estimate of drug-likeness (QED) is 0.159. The van der Waals surface area contributed by atoms with E-state index < -0.39 is 35.9 Å². The van der Waals surface area contributed by atoms with Crippen molar-refractivity contribution in [1.82, 2.24) is 15.3 Å². The van der Waals surface area contributed by atoms with Crippen LogP contribution in [0.5, 0.6) is 0 Å². The lowest BCUT2D eigenvalue weighted by Crippen LogP contribution is -2.31. The molecule has 4 rings (SSSR count). The van der Waals surface area contributed by atoms with Crippen molar-refractivity contribution >= 4 is 39.1 Å². The van der Waals surface area contributed by atoms with E-state index in [0.717, 1.165) is 17.5 Å². The number of nitrogens with zero attached hydrogens (tertiary/aromatic N) is 2. The van der Waals surface area contributed by atoms with Crippen molar-refractivity contribution in [1.29, 1.82) is 0 Å². The highest BCUT2D eigenvalue weighted by atomic mass is 32.1. The summed E-state index contributed by atoms with van der Waals surface area (Å²) in [7, 11) is 1.50. The van der Waals surface area contributed by atoms with Gasteiger partial charge in [-0.15, -0.1) is 0 Å². The van der Waals surface area contributed by atoms with Crippen LogP contribution in [0.2, 0.25) is 0 Å². The van der Waals surface area contributed by atoms with Gasteiger partial charge in [0.2, 0.25) is 5.95 Å². The Bertz CT molecular complexity index is 1560.